The molecule has 0 aliphatic heterocycles. The highest BCUT2D eigenvalue weighted by Crippen LogP contribution is 2.28. The molecule has 1 aromatic heterocycles. The first-order chi connectivity index (χ1) is 9.09. The Balaban J connectivity index is 2.03. The zero-order chi connectivity index (χ0) is 13.8. The third-order valence-corrected chi connectivity index (χ3v) is 4.20. The van der Waals surface area contributed by atoms with Crippen molar-refractivity contribution in [1.82, 2.24) is 5.32 Å². The molecule has 0 fully saturated rings. The second-order valence-electron chi connectivity index (χ2n) is 4.89. The highest BCUT2D eigenvalue weighted by molar-refractivity contribution is 7.84. The third-order valence-electron chi connectivity index (χ3n) is 3.33. The number of hydrogen-bond acceptors (Lipinski definition) is 3. The van der Waals surface area contributed by atoms with Gasteiger partial charge < -0.3 is 9.73 Å². The van der Waals surface area contributed by atoms with Gasteiger partial charge in [-0.1, -0.05) is 18.2 Å². The molecule has 1 heterocycles. The van der Waals surface area contributed by atoms with Crippen LogP contribution in [0.15, 0.2) is 28.7 Å². The molecule has 0 bridgehead atoms. The summed E-state index contributed by atoms with van der Waals surface area (Å²) in [5.74, 6) is 1.75. The van der Waals surface area contributed by atoms with Crippen LogP contribution in [-0.2, 0) is 10.8 Å². The van der Waals surface area contributed by atoms with Gasteiger partial charge in [-0.05, 0) is 38.4 Å². The smallest absolute Gasteiger partial charge is 0.134 e. The van der Waals surface area contributed by atoms with Gasteiger partial charge in [0.2, 0.25) is 0 Å². The molecule has 2 aromatic rings. The van der Waals surface area contributed by atoms with Crippen LogP contribution in [0.5, 0.6) is 0 Å². The molecule has 104 valence electrons. The lowest BCUT2D eigenvalue weighted by molar-refractivity contribution is 0.449. The first-order valence-electron chi connectivity index (χ1n) is 6.61. The second kappa shape index (κ2) is 6.35. The molecule has 0 radical (unpaired) electrons. The van der Waals surface area contributed by atoms with E-state index in [4.69, 9.17) is 4.42 Å². The SMILES string of the molecule is Cc1c(C(C)NCCCS(C)=O)oc2ccccc12. The fourth-order valence-corrected chi connectivity index (χ4v) is 2.84. The Kier molecular flexibility index (Phi) is 4.77. The van der Waals surface area contributed by atoms with Crippen molar-refractivity contribution >= 4 is 21.8 Å². The maximum atomic E-state index is 11.0. The Morgan fingerprint density at radius 3 is 2.79 bits per heavy atom. The topological polar surface area (TPSA) is 42.2 Å². The molecule has 0 spiro atoms. The van der Waals surface area contributed by atoms with Gasteiger partial charge in [0, 0.05) is 28.2 Å². The third kappa shape index (κ3) is 3.45. The van der Waals surface area contributed by atoms with Crippen LogP contribution in [0, 0.1) is 6.92 Å². The standard InChI is InChI=1S/C15H21NO2S/c1-11-13-7-4-5-8-14(13)18-15(11)12(2)16-9-6-10-19(3)17/h4-5,7-8,12,16H,6,9-10H2,1-3H3. The summed E-state index contributed by atoms with van der Waals surface area (Å²) in [7, 11) is -0.705. The molecule has 1 aromatic carbocycles. The van der Waals surface area contributed by atoms with Crippen molar-refractivity contribution < 1.29 is 8.63 Å². The average Bonchev–Trinajstić information content (AvgIpc) is 2.72. The number of aryl methyl sites for hydroxylation is 1. The zero-order valence-corrected chi connectivity index (χ0v) is 12.5. The van der Waals surface area contributed by atoms with Crippen molar-refractivity contribution in [3.8, 4) is 0 Å². The molecule has 0 aliphatic carbocycles. The predicted octanol–water partition coefficient (Wildman–Crippen LogP) is 3.16. The lowest BCUT2D eigenvalue weighted by atomic mass is 10.1. The van der Waals surface area contributed by atoms with Crippen LogP contribution in [0.1, 0.15) is 30.7 Å². The molecule has 19 heavy (non-hydrogen) atoms. The van der Waals surface area contributed by atoms with Gasteiger partial charge in [-0.3, -0.25) is 4.21 Å². The largest absolute Gasteiger partial charge is 0.459 e. The predicted molar refractivity (Wildman–Crippen MR) is 80.9 cm³/mol. The summed E-state index contributed by atoms with van der Waals surface area (Å²) in [4.78, 5) is 0. The van der Waals surface area contributed by atoms with E-state index in [0.717, 1.165) is 30.1 Å². The van der Waals surface area contributed by atoms with E-state index in [-0.39, 0.29) is 6.04 Å². The Bertz CT molecular complexity index is 577. The summed E-state index contributed by atoms with van der Waals surface area (Å²) in [5.41, 5.74) is 2.15. The van der Waals surface area contributed by atoms with Crippen LogP contribution in [-0.4, -0.2) is 22.8 Å². The number of fused-ring (bicyclic) bond motifs is 1. The van der Waals surface area contributed by atoms with Gasteiger partial charge in [0.05, 0.1) is 6.04 Å². The maximum Gasteiger partial charge on any atom is 0.134 e. The van der Waals surface area contributed by atoms with Crippen molar-refractivity contribution in [2.75, 3.05) is 18.6 Å². The number of benzene rings is 1. The van der Waals surface area contributed by atoms with E-state index in [1.54, 1.807) is 6.26 Å². The van der Waals surface area contributed by atoms with Crippen LogP contribution in [0.4, 0.5) is 0 Å². The summed E-state index contributed by atoms with van der Waals surface area (Å²) in [6, 6.07) is 8.29. The van der Waals surface area contributed by atoms with E-state index in [1.165, 1.54) is 10.9 Å². The van der Waals surface area contributed by atoms with Crippen LogP contribution in [0.3, 0.4) is 0 Å². The summed E-state index contributed by atoms with van der Waals surface area (Å²) < 4.78 is 16.9. The molecule has 0 aliphatic rings. The van der Waals surface area contributed by atoms with Gasteiger partial charge in [0.15, 0.2) is 0 Å². The molecule has 4 heteroatoms. The lowest BCUT2D eigenvalue weighted by Crippen LogP contribution is -2.21. The van der Waals surface area contributed by atoms with E-state index in [0.29, 0.717) is 0 Å². The molecule has 0 saturated heterocycles. The number of para-hydroxylation sites is 1. The van der Waals surface area contributed by atoms with E-state index in [1.807, 2.05) is 18.2 Å². The Morgan fingerprint density at radius 2 is 2.11 bits per heavy atom. The summed E-state index contributed by atoms with van der Waals surface area (Å²) in [6.07, 6.45) is 2.67. The Labute approximate surface area is 116 Å². The minimum Gasteiger partial charge on any atom is -0.459 e. The monoisotopic (exact) mass is 279 g/mol. The van der Waals surface area contributed by atoms with Crippen molar-refractivity contribution in [2.45, 2.75) is 26.3 Å². The quantitative estimate of drug-likeness (QED) is 0.826. The van der Waals surface area contributed by atoms with E-state index in [9.17, 15) is 4.21 Å². The molecule has 0 saturated carbocycles. The van der Waals surface area contributed by atoms with Gasteiger partial charge in [0.25, 0.3) is 0 Å². The van der Waals surface area contributed by atoms with Crippen molar-refractivity contribution in [1.29, 1.82) is 0 Å². The van der Waals surface area contributed by atoms with Crippen LogP contribution in [0.2, 0.25) is 0 Å². The van der Waals surface area contributed by atoms with Crippen LogP contribution >= 0.6 is 0 Å². The highest BCUT2D eigenvalue weighted by Gasteiger charge is 2.15. The second-order valence-corrected chi connectivity index (χ2v) is 6.45. The summed E-state index contributed by atoms with van der Waals surface area (Å²) in [5, 5.41) is 4.61. The molecule has 2 rings (SSSR count). The normalized spacial score (nSPS) is 14.7. The fourth-order valence-electron chi connectivity index (χ4n) is 2.29. The van der Waals surface area contributed by atoms with Crippen molar-refractivity contribution in [3.05, 3.63) is 35.6 Å². The lowest BCUT2D eigenvalue weighted by Gasteiger charge is -2.11. The molecule has 1 N–H and O–H groups in total. The number of hydrogen-bond donors (Lipinski definition) is 1. The van der Waals surface area contributed by atoms with Gasteiger partial charge >= 0.3 is 0 Å². The van der Waals surface area contributed by atoms with Gasteiger partial charge in [-0.2, -0.15) is 0 Å². The van der Waals surface area contributed by atoms with Crippen LogP contribution in [0.25, 0.3) is 11.0 Å². The highest BCUT2D eigenvalue weighted by atomic mass is 32.2. The number of furan rings is 1. The first kappa shape index (κ1) is 14.3. The van der Waals surface area contributed by atoms with Gasteiger partial charge in [0.1, 0.15) is 11.3 Å². The van der Waals surface area contributed by atoms with E-state index in [2.05, 4.69) is 25.2 Å². The van der Waals surface area contributed by atoms with E-state index < -0.39 is 10.8 Å². The number of rotatable bonds is 6. The molecular formula is C15H21NO2S. The Hall–Kier alpha value is -1.13. The average molecular weight is 279 g/mol. The molecule has 2 unspecified atom stereocenters. The van der Waals surface area contributed by atoms with Gasteiger partial charge in [-0.25, -0.2) is 0 Å². The van der Waals surface area contributed by atoms with Crippen molar-refractivity contribution in [2.24, 2.45) is 0 Å². The summed E-state index contributed by atoms with van der Waals surface area (Å²) >= 11 is 0. The fraction of sp³-hybridized carbons (Fsp3) is 0.467. The zero-order valence-electron chi connectivity index (χ0n) is 11.7. The summed E-state index contributed by atoms with van der Waals surface area (Å²) in [6.45, 7) is 5.06. The van der Waals surface area contributed by atoms with Gasteiger partial charge in [-0.15, -0.1) is 0 Å². The molecule has 0 amide bonds. The molecule has 3 nitrogen and oxygen atoms in total. The first-order valence-corrected chi connectivity index (χ1v) is 8.33. The molecule has 2 atom stereocenters. The van der Waals surface area contributed by atoms with E-state index >= 15 is 0 Å². The molecular weight excluding hydrogens is 258 g/mol. The van der Waals surface area contributed by atoms with Crippen LogP contribution < -0.4 is 5.32 Å². The maximum absolute atomic E-state index is 11.0. The van der Waals surface area contributed by atoms with Crippen molar-refractivity contribution in [3.63, 3.8) is 0 Å². The Morgan fingerprint density at radius 1 is 1.37 bits per heavy atom. The number of nitrogens with one attached hydrogen (secondary N) is 1. The minimum atomic E-state index is -0.705. The minimum absolute atomic E-state index is 0.178.